The predicted molar refractivity (Wildman–Crippen MR) is 209 cm³/mol. The molecule has 0 aromatic heterocycles. The van der Waals surface area contributed by atoms with Gasteiger partial charge in [0, 0.05) is 12.8 Å². The molecule has 0 aliphatic heterocycles. The average molecular weight is 753 g/mol. The van der Waals surface area contributed by atoms with E-state index in [1.807, 2.05) is 18.2 Å². The summed E-state index contributed by atoms with van der Waals surface area (Å²) in [7, 11) is -4.83. The number of esters is 2. The Kier molecular flexibility index (Phi) is 33.7. The summed E-state index contributed by atoms with van der Waals surface area (Å²) in [5, 5.41) is 20.5. The summed E-state index contributed by atoms with van der Waals surface area (Å²) in [5.41, 5.74) is 0. The van der Waals surface area contributed by atoms with Crippen LogP contribution in [0, 0.1) is 0 Å². The van der Waals surface area contributed by atoms with Crippen molar-refractivity contribution < 1.29 is 48.2 Å². The lowest BCUT2D eigenvalue weighted by molar-refractivity contribution is -0.161. The Balaban J connectivity index is 4.26. The zero-order chi connectivity index (χ0) is 38.5. The Hall–Kier alpha value is -2.59. The van der Waals surface area contributed by atoms with Gasteiger partial charge in [-0.05, 0) is 83.5 Å². The maximum absolute atomic E-state index is 12.4. The van der Waals surface area contributed by atoms with Gasteiger partial charge >= 0.3 is 19.8 Å². The zero-order valence-electron chi connectivity index (χ0n) is 31.9. The number of aliphatic hydroxyl groups is 2. The van der Waals surface area contributed by atoms with E-state index in [4.69, 9.17) is 19.3 Å². The van der Waals surface area contributed by atoms with Crippen LogP contribution in [-0.2, 0) is 28.2 Å². The third-order valence-electron chi connectivity index (χ3n) is 7.91. The van der Waals surface area contributed by atoms with Crippen molar-refractivity contribution >= 4 is 19.8 Å². The molecule has 0 aliphatic rings. The molecule has 11 heteroatoms. The molecule has 0 rings (SSSR count). The minimum Gasteiger partial charge on any atom is -0.462 e. The highest BCUT2D eigenvalue weighted by atomic mass is 31.2. The summed E-state index contributed by atoms with van der Waals surface area (Å²) in [6.07, 6.45) is 38.0. The number of carbonyl (C=O) groups is 2. The molecule has 0 spiro atoms. The Morgan fingerprint density at radius 3 is 1.71 bits per heavy atom. The monoisotopic (exact) mass is 752 g/mol. The van der Waals surface area contributed by atoms with Crippen molar-refractivity contribution in [2.45, 2.75) is 161 Å². The molecule has 0 radical (unpaired) electrons. The van der Waals surface area contributed by atoms with E-state index in [-0.39, 0.29) is 32.1 Å². The van der Waals surface area contributed by atoms with Gasteiger partial charge in [0.15, 0.2) is 6.10 Å². The van der Waals surface area contributed by atoms with E-state index >= 15 is 0 Å². The van der Waals surface area contributed by atoms with Crippen LogP contribution in [0.25, 0.3) is 0 Å². The number of aliphatic hydroxyl groups excluding tert-OH is 2. The lowest BCUT2D eigenvalue weighted by atomic mass is 10.0. The zero-order valence-corrected chi connectivity index (χ0v) is 32.8. The number of allylic oxidation sites excluding steroid dienone is 11. The second-order valence-corrected chi connectivity index (χ2v) is 14.1. The van der Waals surface area contributed by atoms with Gasteiger partial charge in [0.1, 0.15) is 6.61 Å². The molecule has 10 nitrogen and oxygen atoms in total. The molecule has 0 unspecified atom stereocenters. The maximum Gasteiger partial charge on any atom is 0.469 e. The Morgan fingerprint density at radius 1 is 0.596 bits per heavy atom. The Bertz CT molecular complexity index is 1100. The van der Waals surface area contributed by atoms with Crippen LogP contribution in [0.4, 0.5) is 0 Å². The molecule has 0 saturated carbocycles. The van der Waals surface area contributed by atoms with Gasteiger partial charge in [-0.1, -0.05) is 119 Å². The van der Waals surface area contributed by atoms with Crippen molar-refractivity contribution in [1.29, 1.82) is 0 Å². The molecule has 0 heterocycles. The van der Waals surface area contributed by atoms with Crippen LogP contribution >= 0.6 is 7.82 Å². The van der Waals surface area contributed by atoms with E-state index in [2.05, 4.69) is 73.1 Å². The quantitative estimate of drug-likeness (QED) is 0.0216. The van der Waals surface area contributed by atoms with Crippen LogP contribution in [0.1, 0.15) is 142 Å². The van der Waals surface area contributed by atoms with Gasteiger partial charge in [-0.2, -0.15) is 0 Å². The van der Waals surface area contributed by atoms with E-state index in [1.54, 1.807) is 0 Å². The van der Waals surface area contributed by atoms with Crippen LogP contribution in [0.3, 0.4) is 0 Å². The Labute approximate surface area is 314 Å². The lowest BCUT2D eigenvalue weighted by Gasteiger charge is -2.19. The number of hydrogen-bond donors (Lipinski definition) is 4. The van der Waals surface area contributed by atoms with Crippen molar-refractivity contribution in [2.24, 2.45) is 0 Å². The highest BCUT2D eigenvalue weighted by Gasteiger charge is 2.23. The summed E-state index contributed by atoms with van der Waals surface area (Å²) in [4.78, 5) is 42.8. The second-order valence-electron chi connectivity index (χ2n) is 12.8. The van der Waals surface area contributed by atoms with E-state index in [0.717, 1.165) is 70.6 Å². The lowest BCUT2D eigenvalue weighted by Crippen LogP contribution is -2.29. The first kappa shape index (κ1) is 49.4. The van der Waals surface area contributed by atoms with Crippen molar-refractivity contribution in [3.05, 3.63) is 72.9 Å². The summed E-state index contributed by atoms with van der Waals surface area (Å²) in [6, 6.07) is 0. The number of phosphoric acid groups is 1. The molecule has 0 aliphatic carbocycles. The van der Waals surface area contributed by atoms with Crippen molar-refractivity contribution in [2.75, 3.05) is 13.2 Å². The van der Waals surface area contributed by atoms with Crippen LogP contribution < -0.4 is 0 Å². The molecule has 298 valence electrons. The molecule has 0 amide bonds. The molecular formula is C41H69O10P. The molecule has 0 bridgehead atoms. The first-order chi connectivity index (χ1) is 25.1. The standard InChI is InChI=1S/C41H69O10P/c1-3-5-7-9-11-13-15-17-18-19-21-23-25-27-29-33-41(45)51-37(36-50-52(46,47)48)35-49-40(44)34-30-32-39(43)38(42)31-28-26-24-22-20-16-14-12-10-8-6-4-2/h6,8,11-14,17-18,20,22,26,28,37-39,42-43H,3-5,7,9-10,15-16,19,21,23-25,27,29-36H2,1-2H3,(H2,46,47,48)/b8-6-,13-11-,14-12-,18-17-,22-20-,28-26-/t37-,38+,39+/m1/s1. The molecule has 0 fully saturated rings. The topological polar surface area (TPSA) is 160 Å². The summed E-state index contributed by atoms with van der Waals surface area (Å²) in [5.74, 6) is -1.20. The highest BCUT2D eigenvalue weighted by molar-refractivity contribution is 7.46. The predicted octanol–water partition coefficient (Wildman–Crippen LogP) is 9.45. The van der Waals surface area contributed by atoms with Gasteiger partial charge in [0.2, 0.25) is 0 Å². The molecule has 0 aromatic rings. The van der Waals surface area contributed by atoms with E-state index in [1.165, 1.54) is 19.3 Å². The van der Waals surface area contributed by atoms with E-state index < -0.39 is 51.3 Å². The van der Waals surface area contributed by atoms with Crippen molar-refractivity contribution in [3.63, 3.8) is 0 Å². The number of phosphoric ester groups is 1. The fourth-order valence-electron chi connectivity index (χ4n) is 4.90. The van der Waals surface area contributed by atoms with Crippen LogP contribution in [0.15, 0.2) is 72.9 Å². The summed E-state index contributed by atoms with van der Waals surface area (Å²) < 4.78 is 26.1. The van der Waals surface area contributed by atoms with Gasteiger partial charge < -0.3 is 29.5 Å². The molecule has 52 heavy (non-hydrogen) atoms. The number of ether oxygens (including phenoxy) is 2. The van der Waals surface area contributed by atoms with Gasteiger partial charge in [0.25, 0.3) is 0 Å². The first-order valence-corrected chi connectivity index (χ1v) is 20.9. The number of rotatable bonds is 34. The molecule has 3 atom stereocenters. The number of hydrogen-bond acceptors (Lipinski definition) is 8. The van der Waals surface area contributed by atoms with Gasteiger partial charge in [-0.3, -0.25) is 14.1 Å². The highest BCUT2D eigenvalue weighted by Crippen LogP contribution is 2.36. The van der Waals surface area contributed by atoms with Crippen LogP contribution in [-0.4, -0.2) is 63.5 Å². The van der Waals surface area contributed by atoms with Gasteiger partial charge in [-0.15, -0.1) is 0 Å². The first-order valence-electron chi connectivity index (χ1n) is 19.4. The normalized spacial score (nSPS) is 14.5. The third-order valence-corrected chi connectivity index (χ3v) is 8.40. The van der Waals surface area contributed by atoms with Gasteiger partial charge in [0.05, 0.1) is 18.8 Å². The Morgan fingerprint density at radius 2 is 1.12 bits per heavy atom. The summed E-state index contributed by atoms with van der Waals surface area (Å²) in [6.45, 7) is 3.26. The van der Waals surface area contributed by atoms with E-state index in [9.17, 15) is 24.4 Å². The molecule has 0 aromatic carbocycles. The molecule has 4 N–H and O–H groups in total. The molecule has 0 saturated heterocycles. The maximum atomic E-state index is 12.4. The third kappa shape index (κ3) is 35.8. The minimum atomic E-state index is -4.83. The smallest absolute Gasteiger partial charge is 0.462 e. The van der Waals surface area contributed by atoms with Gasteiger partial charge in [-0.25, -0.2) is 4.57 Å². The second kappa shape index (κ2) is 35.4. The SMILES string of the molecule is CC/C=C\C/C=C\C/C=C\C/C=C\C[C@H](O)[C@@H](O)CCCC(=O)OC[C@H](COP(=O)(O)O)OC(=O)CCCCCCC/C=C\C/C=C\CCCCC. The van der Waals surface area contributed by atoms with Crippen molar-refractivity contribution in [3.8, 4) is 0 Å². The van der Waals surface area contributed by atoms with E-state index in [0.29, 0.717) is 6.42 Å². The summed E-state index contributed by atoms with van der Waals surface area (Å²) >= 11 is 0. The fourth-order valence-corrected chi connectivity index (χ4v) is 5.26. The average Bonchev–Trinajstić information content (AvgIpc) is 3.11. The van der Waals surface area contributed by atoms with Crippen LogP contribution in [0.2, 0.25) is 0 Å². The minimum absolute atomic E-state index is 0.0558. The fraction of sp³-hybridized carbons (Fsp3) is 0.659. The van der Waals surface area contributed by atoms with Crippen molar-refractivity contribution in [1.82, 2.24) is 0 Å². The number of unbranched alkanes of at least 4 members (excludes halogenated alkanes) is 8. The van der Waals surface area contributed by atoms with Crippen LogP contribution in [0.5, 0.6) is 0 Å². The molecular weight excluding hydrogens is 683 g/mol. The largest absolute Gasteiger partial charge is 0.469 e. The number of carbonyl (C=O) groups excluding carboxylic acids is 2.